The lowest BCUT2D eigenvalue weighted by molar-refractivity contribution is 0.0696. The maximum atomic E-state index is 12.5. The Bertz CT molecular complexity index is 1040. The van der Waals surface area contributed by atoms with Gasteiger partial charge in [-0.25, -0.2) is 4.79 Å². The molecule has 0 fully saturated rings. The SMILES string of the molecule is O=C(O)c1ccc(C(=O)c2ccc(C(=O)c3ccc(Cl)c(Cl)c3)cc2)cc1. The summed E-state index contributed by atoms with van der Waals surface area (Å²) < 4.78 is 0. The van der Waals surface area contributed by atoms with Crippen molar-refractivity contribution < 1.29 is 19.5 Å². The van der Waals surface area contributed by atoms with E-state index in [9.17, 15) is 14.4 Å². The molecule has 27 heavy (non-hydrogen) atoms. The van der Waals surface area contributed by atoms with Crippen LogP contribution in [0, 0.1) is 0 Å². The summed E-state index contributed by atoms with van der Waals surface area (Å²) in [6.07, 6.45) is 0. The second kappa shape index (κ2) is 7.74. The third-order valence-electron chi connectivity index (χ3n) is 3.99. The van der Waals surface area contributed by atoms with Crippen LogP contribution < -0.4 is 0 Å². The quantitative estimate of drug-likeness (QED) is 0.602. The minimum absolute atomic E-state index is 0.106. The Morgan fingerprint density at radius 3 is 1.33 bits per heavy atom. The Kier molecular flexibility index (Phi) is 5.40. The van der Waals surface area contributed by atoms with Gasteiger partial charge in [-0.15, -0.1) is 0 Å². The fourth-order valence-electron chi connectivity index (χ4n) is 2.51. The number of carboxylic acid groups (broad SMARTS) is 1. The van der Waals surface area contributed by atoms with Crippen LogP contribution >= 0.6 is 23.2 Å². The van der Waals surface area contributed by atoms with Crippen LogP contribution in [0.5, 0.6) is 0 Å². The lowest BCUT2D eigenvalue weighted by atomic mass is 9.98. The third kappa shape index (κ3) is 4.08. The van der Waals surface area contributed by atoms with Crippen LogP contribution in [0.1, 0.15) is 42.2 Å². The third-order valence-corrected chi connectivity index (χ3v) is 4.72. The molecular formula is C21H12Cl2O4. The van der Waals surface area contributed by atoms with Crippen LogP contribution in [0.15, 0.2) is 66.7 Å². The summed E-state index contributed by atoms with van der Waals surface area (Å²) in [7, 11) is 0. The molecule has 134 valence electrons. The summed E-state index contributed by atoms with van der Waals surface area (Å²) in [4.78, 5) is 35.9. The lowest BCUT2D eigenvalue weighted by Crippen LogP contribution is -2.05. The molecule has 0 aromatic heterocycles. The second-order valence-corrected chi connectivity index (χ2v) is 6.56. The van der Waals surface area contributed by atoms with Gasteiger partial charge in [-0.2, -0.15) is 0 Å². The molecule has 3 aromatic carbocycles. The molecule has 0 aliphatic rings. The zero-order chi connectivity index (χ0) is 19.6. The first kappa shape index (κ1) is 18.8. The molecule has 0 unspecified atom stereocenters. The fourth-order valence-corrected chi connectivity index (χ4v) is 2.81. The van der Waals surface area contributed by atoms with E-state index in [0.717, 1.165) is 0 Å². The number of rotatable bonds is 5. The predicted molar refractivity (Wildman–Crippen MR) is 103 cm³/mol. The van der Waals surface area contributed by atoms with Gasteiger partial charge in [0.2, 0.25) is 0 Å². The van der Waals surface area contributed by atoms with Crippen molar-refractivity contribution in [2.75, 3.05) is 0 Å². The van der Waals surface area contributed by atoms with Gasteiger partial charge in [0, 0.05) is 22.3 Å². The molecule has 0 saturated heterocycles. The molecule has 3 aromatic rings. The largest absolute Gasteiger partial charge is 0.478 e. The molecule has 0 aliphatic carbocycles. The lowest BCUT2D eigenvalue weighted by Gasteiger charge is -2.05. The van der Waals surface area contributed by atoms with Gasteiger partial charge in [-0.3, -0.25) is 9.59 Å². The molecule has 0 amide bonds. The highest BCUT2D eigenvalue weighted by atomic mass is 35.5. The molecule has 0 bridgehead atoms. The van der Waals surface area contributed by atoms with Crippen molar-refractivity contribution in [1.29, 1.82) is 0 Å². The normalized spacial score (nSPS) is 10.4. The van der Waals surface area contributed by atoms with Gasteiger partial charge in [0.05, 0.1) is 15.6 Å². The molecular weight excluding hydrogens is 387 g/mol. The van der Waals surface area contributed by atoms with Crippen molar-refractivity contribution in [2.45, 2.75) is 0 Å². The number of hydrogen-bond acceptors (Lipinski definition) is 3. The Labute approximate surface area is 165 Å². The summed E-state index contributed by atoms with van der Waals surface area (Å²) in [6, 6.07) is 16.5. The first-order valence-electron chi connectivity index (χ1n) is 7.84. The highest BCUT2D eigenvalue weighted by Gasteiger charge is 2.14. The van der Waals surface area contributed by atoms with Gasteiger partial charge in [-0.05, 0) is 30.3 Å². The van der Waals surface area contributed by atoms with Gasteiger partial charge < -0.3 is 5.11 Å². The van der Waals surface area contributed by atoms with Crippen molar-refractivity contribution in [3.8, 4) is 0 Å². The van der Waals surface area contributed by atoms with E-state index in [1.54, 1.807) is 36.4 Å². The first-order chi connectivity index (χ1) is 12.9. The molecule has 0 radical (unpaired) electrons. The number of benzene rings is 3. The maximum absolute atomic E-state index is 12.5. The van der Waals surface area contributed by atoms with Crippen molar-refractivity contribution in [2.24, 2.45) is 0 Å². The van der Waals surface area contributed by atoms with E-state index in [1.165, 1.54) is 30.3 Å². The zero-order valence-electron chi connectivity index (χ0n) is 13.8. The van der Waals surface area contributed by atoms with Gasteiger partial charge in [-0.1, -0.05) is 59.6 Å². The number of aromatic carboxylic acids is 1. The maximum Gasteiger partial charge on any atom is 0.335 e. The van der Waals surface area contributed by atoms with Crippen LogP contribution in [0.25, 0.3) is 0 Å². The number of carbonyl (C=O) groups is 3. The molecule has 0 atom stereocenters. The highest BCUT2D eigenvalue weighted by molar-refractivity contribution is 6.42. The van der Waals surface area contributed by atoms with Crippen LogP contribution in [0.4, 0.5) is 0 Å². The molecule has 6 heteroatoms. The Hall–Kier alpha value is -2.95. The summed E-state index contributed by atoms with van der Waals surface area (Å²) in [6.45, 7) is 0. The van der Waals surface area contributed by atoms with Crippen molar-refractivity contribution >= 4 is 40.7 Å². The summed E-state index contributed by atoms with van der Waals surface area (Å²) >= 11 is 11.8. The highest BCUT2D eigenvalue weighted by Crippen LogP contribution is 2.24. The molecule has 1 N–H and O–H groups in total. The van der Waals surface area contributed by atoms with E-state index in [0.29, 0.717) is 32.3 Å². The summed E-state index contributed by atoms with van der Waals surface area (Å²) in [5, 5.41) is 9.56. The minimum atomic E-state index is -1.06. The van der Waals surface area contributed by atoms with Gasteiger partial charge in [0.15, 0.2) is 11.6 Å². The molecule has 0 saturated carbocycles. The average Bonchev–Trinajstić information content (AvgIpc) is 2.69. The predicted octanol–water partition coefficient (Wildman–Crippen LogP) is 5.15. The molecule has 0 spiro atoms. The Morgan fingerprint density at radius 1 is 0.556 bits per heavy atom. The summed E-state index contributed by atoms with van der Waals surface area (Å²) in [5.74, 6) is -1.56. The standard InChI is InChI=1S/C21H12Cl2O4/c22-17-10-9-16(11-18(17)23)20(25)14-3-1-12(2-4-14)19(24)13-5-7-15(8-6-13)21(26)27/h1-11H,(H,26,27). The molecule has 0 heterocycles. The number of carbonyl (C=O) groups excluding carboxylic acids is 2. The van der Waals surface area contributed by atoms with Crippen LogP contribution in [0.2, 0.25) is 10.0 Å². The minimum Gasteiger partial charge on any atom is -0.478 e. The van der Waals surface area contributed by atoms with Crippen molar-refractivity contribution in [3.05, 3.63) is 105 Å². The van der Waals surface area contributed by atoms with Crippen LogP contribution in [-0.4, -0.2) is 22.6 Å². The van der Waals surface area contributed by atoms with E-state index in [4.69, 9.17) is 28.3 Å². The van der Waals surface area contributed by atoms with E-state index < -0.39 is 5.97 Å². The summed E-state index contributed by atoms with van der Waals surface area (Å²) in [5.41, 5.74) is 1.67. The van der Waals surface area contributed by atoms with E-state index >= 15 is 0 Å². The number of hydrogen-bond donors (Lipinski definition) is 1. The second-order valence-electron chi connectivity index (χ2n) is 5.75. The fraction of sp³-hybridized carbons (Fsp3) is 0. The molecule has 3 rings (SSSR count). The average molecular weight is 399 g/mol. The van der Waals surface area contributed by atoms with Gasteiger partial charge in [0.25, 0.3) is 0 Å². The topological polar surface area (TPSA) is 71.4 Å². The number of halogens is 2. The van der Waals surface area contributed by atoms with E-state index in [2.05, 4.69) is 0 Å². The zero-order valence-corrected chi connectivity index (χ0v) is 15.3. The van der Waals surface area contributed by atoms with Gasteiger partial charge in [0.1, 0.15) is 0 Å². The Balaban J connectivity index is 1.81. The van der Waals surface area contributed by atoms with E-state index in [1.807, 2.05) is 0 Å². The van der Waals surface area contributed by atoms with E-state index in [-0.39, 0.29) is 17.1 Å². The number of ketones is 2. The van der Waals surface area contributed by atoms with Crippen molar-refractivity contribution in [3.63, 3.8) is 0 Å². The smallest absolute Gasteiger partial charge is 0.335 e. The van der Waals surface area contributed by atoms with Crippen LogP contribution in [-0.2, 0) is 0 Å². The van der Waals surface area contributed by atoms with Crippen LogP contribution in [0.3, 0.4) is 0 Å². The molecule has 0 aliphatic heterocycles. The molecule has 4 nitrogen and oxygen atoms in total. The monoisotopic (exact) mass is 398 g/mol. The number of carboxylic acids is 1. The van der Waals surface area contributed by atoms with Crippen molar-refractivity contribution in [1.82, 2.24) is 0 Å². The Morgan fingerprint density at radius 2 is 0.926 bits per heavy atom. The first-order valence-corrected chi connectivity index (χ1v) is 8.60. The van der Waals surface area contributed by atoms with Gasteiger partial charge >= 0.3 is 5.97 Å².